The second-order valence-corrected chi connectivity index (χ2v) is 4.22. The first kappa shape index (κ1) is 15.5. The first-order valence-corrected chi connectivity index (χ1v) is 6.29. The number of methoxy groups -OCH3 is 1. The van der Waals surface area contributed by atoms with E-state index < -0.39 is 0 Å². The van der Waals surface area contributed by atoms with Crippen LogP contribution in [0.1, 0.15) is 17.5 Å². The van der Waals surface area contributed by atoms with E-state index in [4.69, 9.17) is 25.4 Å². The summed E-state index contributed by atoms with van der Waals surface area (Å²) < 4.78 is 15.9. The van der Waals surface area contributed by atoms with Crippen molar-refractivity contribution in [2.45, 2.75) is 13.3 Å². The first-order chi connectivity index (χ1) is 9.15. The van der Waals surface area contributed by atoms with Crippen molar-refractivity contribution < 1.29 is 14.2 Å². The molecule has 0 aliphatic rings. The summed E-state index contributed by atoms with van der Waals surface area (Å²) in [7, 11) is 1.65. The highest BCUT2D eigenvalue weighted by Crippen LogP contribution is 2.19. The van der Waals surface area contributed by atoms with Gasteiger partial charge in [-0.15, -0.1) is 0 Å². The molecule has 106 valence electrons. The molecule has 0 saturated heterocycles. The number of rotatable bonds is 9. The Morgan fingerprint density at radius 2 is 2.00 bits per heavy atom. The number of nitrogens with one attached hydrogen (secondary N) is 1. The quantitative estimate of drug-likeness (QED) is 0.405. The van der Waals surface area contributed by atoms with Crippen LogP contribution < -0.4 is 10.5 Å². The average Bonchev–Trinajstić information content (AvgIpc) is 2.37. The van der Waals surface area contributed by atoms with Crippen LogP contribution in [0.5, 0.6) is 5.75 Å². The van der Waals surface area contributed by atoms with Crippen molar-refractivity contribution in [3.63, 3.8) is 0 Å². The lowest BCUT2D eigenvalue weighted by Crippen LogP contribution is -2.14. The maximum atomic E-state index is 7.50. The molecule has 5 nitrogen and oxygen atoms in total. The molecule has 0 aliphatic heterocycles. The van der Waals surface area contributed by atoms with Crippen molar-refractivity contribution >= 4 is 5.84 Å². The highest BCUT2D eigenvalue weighted by Gasteiger charge is 2.06. The molecule has 0 bridgehead atoms. The smallest absolute Gasteiger partial charge is 0.130 e. The Bertz CT molecular complexity index is 408. The SMILES string of the molecule is COCCOCCCOc1cc(C)ccc1C(=N)N. The van der Waals surface area contributed by atoms with Gasteiger partial charge in [0.25, 0.3) is 0 Å². The Balaban J connectivity index is 2.36. The zero-order valence-electron chi connectivity index (χ0n) is 11.6. The summed E-state index contributed by atoms with van der Waals surface area (Å²) in [4.78, 5) is 0. The average molecular weight is 266 g/mol. The Morgan fingerprint density at radius 3 is 2.68 bits per heavy atom. The van der Waals surface area contributed by atoms with Gasteiger partial charge < -0.3 is 19.9 Å². The molecule has 0 spiro atoms. The van der Waals surface area contributed by atoms with Gasteiger partial charge in [0.2, 0.25) is 0 Å². The van der Waals surface area contributed by atoms with Crippen LogP contribution in [0.25, 0.3) is 0 Å². The van der Waals surface area contributed by atoms with Crippen LogP contribution in [-0.4, -0.2) is 39.4 Å². The fourth-order valence-electron chi connectivity index (χ4n) is 1.56. The lowest BCUT2D eigenvalue weighted by molar-refractivity contribution is 0.0644. The fraction of sp³-hybridized carbons (Fsp3) is 0.500. The number of amidine groups is 1. The van der Waals surface area contributed by atoms with Gasteiger partial charge in [-0.2, -0.15) is 0 Å². The van der Waals surface area contributed by atoms with Crippen LogP contribution in [0.3, 0.4) is 0 Å². The van der Waals surface area contributed by atoms with E-state index in [9.17, 15) is 0 Å². The summed E-state index contributed by atoms with van der Waals surface area (Å²) in [6, 6.07) is 5.61. The predicted molar refractivity (Wildman–Crippen MR) is 75.0 cm³/mol. The fourth-order valence-corrected chi connectivity index (χ4v) is 1.56. The topological polar surface area (TPSA) is 77.6 Å². The molecule has 0 radical (unpaired) electrons. The normalized spacial score (nSPS) is 10.4. The van der Waals surface area contributed by atoms with Gasteiger partial charge in [-0.25, -0.2) is 0 Å². The van der Waals surface area contributed by atoms with Crippen LogP contribution in [0.4, 0.5) is 0 Å². The second-order valence-electron chi connectivity index (χ2n) is 4.22. The summed E-state index contributed by atoms with van der Waals surface area (Å²) in [6.07, 6.45) is 0.787. The van der Waals surface area contributed by atoms with Crippen LogP contribution in [-0.2, 0) is 9.47 Å². The molecule has 3 N–H and O–H groups in total. The van der Waals surface area contributed by atoms with Gasteiger partial charge in [-0.3, -0.25) is 5.41 Å². The molecule has 1 aromatic carbocycles. The van der Waals surface area contributed by atoms with Crippen molar-refractivity contribution in [1.82, 2.24) is 0 Å². The standard InChI is InChI=1S/C14H22N2O3/c1-11-4-5-12(14(15)16)13(10-11)19-7-3-6-18-9-8-17-2/h4-5,10H,3,6-9H2,1-2H3,(H3,15,16). The zero-order valence-corrected chi connectivity index (χ0v) is 11.6. The summed E-state index contributed by atoms with van der Waals surface area (Å²) in [5.74, 6) is 0.677. The third-order valence-corrected chi connectivity index (χ3v) is 2.55. The molecule has 0 unspecified atom stereocenters. The third kappa shape index (κ3) is 5.72. The van der Waals surface area contributed by atoms with Crippen molar-refractivity contribution in [3.05, 3.63) is 29.3 Å². The monoisotopic (exact) mass is 266 g/mol. The molecule has 0 saturated carbocycles. The zero-order chi connectivity index (χ0) is 14.1. The minimum Gasteiger partial charge on any atom is -0.493 e. The number of hydrogen-bond donors (Lipinski definition) is 2. The Morgan fingerprint density at radius 1 is 1.21 bits per heavy atom. The second kappa shape index (κ2) is 8.50. The van der Waals surface area contributed by atoms with Crippen LogP contribution >= 0.6 is 0 Å². The predicted octanol–water partition coefficient (Wildman–Crippen LogP) is 1.71. The molecule has 0 aliphatic carbocycles. The van der Waals surface area contributed by atoms with Gasteiger partial charge in [-0.05, 0) is 24.6 Å². The molecule has 0 heterocycles. The Kier molecular flexibility index (Phi) is 6.92. The van der Waals surface area contributed by atoms with E-state index in [1.165, 1.54) is 0 Å². The minimum absolute atomic E-state index is 0.0198. The van der Waals surface area contributed by atoms with E-state index in [2.05, 4.69) is 0 Å². The Labute approximate surface area is 114 Å². The molecule has 1 aromatic rings. The number of nitrogen functional groups attached to an aromatic ring is 1. The first-order valence-electron chi connectivity index (χ1n) is 6.29. The number of hydrogen-bond acceptors (Lipinski definition) is 4. The molecular formula is C14H22N2O3. The molecule has 19 heavy (non-hydrogen) atoms. The van der Waals surface area contributed by atoms with E-state index in [0.29, 0.717) is 37.7 Å². The summed E-state index contributed by atoms with van der Waals surface area (Å²) in [5.41, 5.74) is 7.23. The van der Waals surface area contributed by atoms with Gasteiger partial charge in [0.05, 0.1) is 25.4 Å². The van der Waals surface area contributed by atoms with E-state index >= 15 is 0 Å². The van der Waals surface area contributed by atoms with Crippen molar-refractivity contribution in [2.24, 2.45) is 5.73 Å². The minimum atomic E-state index is 0.0198. The number of nitrogens with two attached hydrogens (primary N) is 1. The van der Waals surface area contributed by atoms with Crippen LogP contribution in [0, 0.1) is 12.3 Å². The summed E-state index contributed by atoms with van der Waals surface area (Å²) >= 11 is 0. The number of ether oxygens (including phenoxy) is 3. The highest BCUT2D eigenvalue weighted by atomic mass is 16.5. The number of aryl methyl sites for hydroxylation is 1. The lowest BCUT2D eigenvalue weighted by atomic mass is 10.1. The van der Waals surface area contributed by atoms with Gasteiger partial charge in [0, 0.05) is 20.1 Å². The van der Waals surface area contributed by atoms with Gasteiger partial charge in [-0.1, -0.05) is 6.07 Å². The maximum absolute atomic E-state index is 7.50. The van der Waals surface area contributed by atoms with Gasteiger partial charge in [0.1, 0.15) is 11.6 Å². The molecule has 0 atom stereocenters. The van der Waals surface area contributed by atoms with Crippen molar-refractivity contribution in [1.29, 1.82) is 5.41 Å². The van der Waals surface area contributed by atoms with Crippen molar-refractivity contribution in [3.8, 4) is 5.75 Å². The number of benzene rings is 1. The highest BCUT2D eigenvalue weighted by molar-refractivity contribution is 5.97. The van der Waals surface area contributed by atoms with E-state index in [0.717, 1.165) is 12.0 Å². The summed E-state index contributed by atoms with van der Waals surface area (Å²) in [6.45, 7) is 4.35. The van der Waals surface area contributed by atoms with Crippen LogP contribution in [0.15, 0.2) is 18.2 Å². The van der Waals surface area contributed by atoms with E-state index in [-0.39, 0.29) is 5.84 Å². The third-order valence-electron chi connectivity index (χ3n) is 2.55. The molecule has 0 aromatic heterocycles. The maximum Gasteiger partial charge on any atom is 0.130 e. The Hall–Kier alpha value is -1.59. The summed E-state index contributed by atoms with van der Waals surface area (Å²) in [5, 5.41) is 7.50. The molecule has 0 fully saturated rings. The van der Waals surface area contributed by atoms with Gasteiger partial charge >= 0.3 is 0 Å². The van der Waals surface area contributed by atoms with Crippen LogP contribution in [0.2, 0.25) is 0 Å². The van der Waals surface area contributed by atoms with E-state index in [1.807, 2.05) is 25.1 Å². The van der Waals surface area contributed by atoms with Gasteiger partial charge in [0.15, 0.2) is 0 Å². The lowest BCUT2D eigenvalue weighted by Gasteiger charge is -2.11. The molecule has 1 rings (SSSR count). The largest absolute Gasteiger partial charge is 0.493 e. The molecular weight excluding hydrogens is 244 g/mol. The molecule has 5 heteroatoms. The van der Waals surface area contributed by atoms with Crippen molar-refractivity contribution in [2.75, 3.05) is 33.5 Å². The molecule has 0 amide bonds. The van der Waals surface area contributed by atoms with E-state index in [1.54, 1.807) is 7.11 Å².